The molecular formula is C15H15N5O2. The van der Waals surface area contributed by atoms with Crippen LogP contribution in [0.1, 0.15) is 16.1 Å². The lowest BCUT2D eigenvalue weighted by atomic mass is 10.2. The average Bonchev–Trinajstić information content (AvgIpc) is 3.03. The number of carbonyl (C=O) groups excluding carboxylic acids is 1. The number of furan rings is 1. The first-order valence-electron chi connectivity index (χ1n) is 6.65. The Hall–Kier alpha value is -3.09. The number of rotatable bonds is 2. The zero-order chi connectivity index (χ0) is 15.7. The van der Waals surface area contributed by atoms with Crippen molar-refractivity contribution in [1.82, 2.24) is 15.1 Å². The molecule has 0 aliphatic rings. The molecule has 0 fully saturated rings. The van der Waals surface area contributed by atoms with Crippen LogP contribution in [0.25, 0.3) is 11.0 Å². The van der Waals surface area contributed by atoms with Crippen molar-refractivity contribution in [2.45, 2.75) is 6.92 Å². The Morgan fingerprint density at radius 2 is 2.23 bits per heavy atom. The SMILES string of the molecule is Cc1cc2cc(N=C(N)NC(=O)c3cnn(C)c3)ccc2o1. The van der Waals surface area contributed by atoms with Crippen LogP contribution >= 0.6 is 0 Å². The Balaban J connectivity index is 1.78. The van der Waals surface area contributed by atoms with E-state index in [4.69, 9.17) is 10.2 Å². The van der Waals surface area contributed by atoms with Crippen LogP contribution < -0.4 is 11.1 Å². The van der Waals surface area contributed by atoms with E-state index in [2.05, 4.69) is 15.4 Å². The molecular weight excluding hydrogens is 282 g/mol. The van der Waals surface area contributed by atoms with Gasteiger partial charge in [-0.25, -0.2) is 4.99 Å². The summed E-state index contributed by atoms with van der Waals surface area (Å²) < 4.78 is 7.03. The number of amides is 1. The normalized spacial score (nSPS) is 11.8. The molecule has 1 amide bonds. The number of benzene rings is 1. The van der Waals surface area contributed by atoms with E-state index in [1.54, 1.807) is 19.3 Å². The molecule has 0 radical (unpaired) electrons. The molecule has 0 saturated heterocycles. The molecule has 3 rings (SSSR count). The Kier molecular flexibility index (Phi) is 3.38. The summed E-state index contributed by atoms with van der Waals surface area (Å²) in [6.45, 7) is 1.88. The number of nitrogens with two attached hydrogens (primary N) is 1. The Bertz CT molecular complexity index is 875. The van der Waals surface area contributed by atoms with Crippen LogP contribution in [0.5, 0.6) is 0 Å². The molecule has 0 aliphatic carbocycles. The number of aromatic nitrogens is 2. The fourth-order valence-electron chi connectivity index (χ4n) is 2.13. The highest BCUT2D eigenvalue weighted by Crippen LogP contribution is 2.24. The Morgan fingerprint density at radius 3 is 2.95 bits per heavy atom. The summed E-state index contributed by atoms with van der Waals surface area (Å²) in [7, 11) is 1.73. The summed E-state index contributed by atoms with van der Waals surface area (Å²) >= 11 is 0. The second-order valence-electron chi connectivity index (χ2n) is 4.93. The molecule has 0 atom stereocenters. The first-order chi connectivity index (χ1) is 10.5. The van der Waals surface area contributed by atoms with Crippen molar-refractivity contribution >= 4 is 28.5 Å². The quantitative estimate of drug-likeness (QED) is 0.557. The number of nitrogens with one attached hydrogen (secondary N) is 1. The van der Waals surface area contributed by atoms with E-state index < -0.39 is 0 Å². The van der Waals surface area contributed by atoms with Gasteiger partial charge in [0.05, 0.1) is 17.4 Å². The van der Waals surface area contributed by atoms with Gasteiger partial charge in [0.15, 0.2) is 0 Å². The van der Waals surface area contributed by atoms with Crippen molar-refractivity contribution < 1.29 is 9.21 Å². The second-order valence-corrected chi connectivity index (χ2v) is 4.93. The fraction of sp³-hybridized carbons (Fsp3) is 0.133. The van der Waals surface area contributed by atoms with Gasteiger partial charge in [-0.15, -0.1) is 0 Å². The molecule has 0 spiro atoms. The van der Waals surface area contributed by atoms with Crippen molar-refractivity contribution in [3.8, 4) is 0 Å². The highest BCUT2D eigenvalue weighted by atomic mass is 16.3. The van der Waals surface area contributed by atoms with Gasteiger partial charge in [-0.2, -0.15) is 5.10 Å². The van der Waals surface area contributed by atoms with E-state index in [0.717, 1.165) is 16.7 Å². The van der Waals surface area contributed by atoms with Crippen LogP contribution in [0.4, 0.5) is 5.69 Å². The molecule has 0 saturated carbocycles. The fourth-order valence-corrected chi connectivity index (χ4v) is 2.13. The van der Waals surface area contributed by atoms with Gasteiger partial charge in [-0.3, -0.25) is 14.8 Å². The largest absolute Gasteiger partial charge is 0.461 e. The lowest BCUT2D eigenvalue weighted by molar-refractivity contribution is 0.0976. The summed E-state index contributed by atoms with van der Waals surface area (Å²) in [5, 5.41) is 7.39. The first-order valence-corrected chi connectivity index (χ1v) is 6.65. The van der Waals surface area contributed by atoms with Gasteiger partial charge in [0, 0.05) is 18.6 Å². The van der Waals surface area contributed by atoms with Gasteiger partial charge in [0.25, 0.3) is 5.91 Å². The molecule has 1 aromatic carbocycles. The summed E-state index contributed by atoms with van der Waals surface area (Å²) in [6.07, 6.45) is 3.06. The van der Waals surface area contributed by atoms with Gasteiger partial charge < -0.3 is 10.2 Å². The predicted molar refractivity (Wildman–Crippen MR) is 82.9 cm³/mol. The second kappa shape index (κ2) is 5.36. The molecule has 0 aliphatic heterocycles. The molecule has 3 aromatic rings. The summed E-state index contributed by atoms with van der Waals surface area (Å²) in [4.78, 5) is 16.1. The number of aliphatic imine (C=N–C) groups is 1. The van der Waals surface area contributed by atoms with E-state index in [0.29, 0.717) is 11.3 Å². The van der Waals surface area contributed by atoms with Crippen LogP contribution in [-0.2, 0) is 7.05 Å². The maximum atomic E-state index is 11.9. The number of fused-ring (bicyclic) bond motifs is 1. The summed E-state index contributed by atoms with van der Waals surface area (Å²) in [6, 6.07) is 7.35. The van der Waals surface area contributed by atoms with Crippen molar-refractivity contribution in [3.63, 3.8) is 0 Å². The van der Waals surface area contributed by atoms with Gasteiger partial charge >= 0.3 is 0 Å². The molecule has 0 unspecified atom stereocenters. The maximum Gasteiger partial charge on any atom is 0.261 e. The Morgan fingerprint density at radius 1 is 1.41 bits per heavy atom. The van der Waals surface area contributed by atoms with Crippen LogP contribution in [0, 0.1) is 6.92 Å². The maximum absolute atomic E-state index is 11.9. The number of nitrogens with zero attached hydrogens (tertiary/aromatic N) is 3. The Labute approximate surface area is 126 Å². The summed E-state index contributed by atoms with van der Waals surface area (Å²) in [5.74, 6) is 0.497. The molecule has 0 bridgehead atoms. The lowest BCUT2D eigenvalue weighted by Gasteiger charge is -2.02. The summed E-state index contributed by atoms with van der Waals surface area (Å²) in [5.41, 5.74) is 7.61. The average molecular weight is 297 g/mol. The van der Waals surface area contributed by atoms with Crippen LogP contribution in [0.3, 0.4) is 0 Å². The highest BCUT2D eigenvalue weighted by molar-refractivity contribution is 6.05. The zero-order valence-electron chi connectivity index (χ0n) is 12.2. The van der Waals surface area contributed by atoms with Gasteiger partial charge in [-0.05, 0) is 31.2 Å². The molecule has 112 valence electrons. The zero-order valence-corrected chi connectivity index (χ0v) is 12.2. The first kappa shape index (κ1) is 13.9. The minimum atomic E-state index is -0.352. The van der Waals surface area contributed by atoms with Crippen molar-refractivity contribution in [1.29, 1.82) is 0 Å². The lowest BCUT2D eigenvalue weighted by Crippen LogP contribution is -2.36. The van der Waals surface area contributed by atoms with Crippen LogP contribution in [0.2, 0.25) is 0 Å². The third-order valence-corrected chi connectivity index (χ3v) is 3.08. The molecule has 7 heteroatoms. The van der Waals surface area contributed by atoms with E-state index in [9.17, 15) is 4.79 Å². The van der Waals surface area contributed by atoms with Crippen molar-refractivity contribution in [2.24, 2.45) is 17.8 Å². The van der Waals surface area contributed by atoms with Crippen molar-refractivity contribution in [2.75, 3.05) is 0 Å². The number of hydrogen-bond acceptors (Lipinski definition) is 4. The number of aryl methyl sites for hydroxylation is 2. The highest BCUT2D eigenvalue weighted by Gasteiger charge is 2.09. The minimum Gasteiger partial charge on any atom is -0.461 e. The predicted octanol–water partition coefficient (Wildman–Crippen LogP) is 1.85. The van der Waals surface area contributed by atoms with Crippen LogP contribution in [0.15, 0.2) is 46.1 Å². The van der Waals surface area contributed by atoms with Gasteiger partial charge in [0.2, 0.25) is 5.96 Å². The topological polar surface area (TPSA) is 98.4 Å². The van der Waals surface area contributed by atoms with E-state index in [1.165, 1.54) is 10.9 Å². The number of guanidine groups is 1. The molecule has 2 heterocycles. The number of hydrogen-bond donors (Lipinski definition) is 2. The smallest absolute Gasteiger partial charge is 0.261 e. The van der Waals surface area contributed by atoms with E-state index in [-0.39, 0.29) is 11.9 Å². The van der Waals surface area contributed by atoms with E-state index in [1.807, 2.05) is 25.1 Å². The molecule has 3 N–H and O–H groups in total. The van der Waals surface area contributed by atoms with E-state index >= 15 is 0 Å². The van der Waals surface area contributed by atoms with Crippen molar-refractivity contribution in [3.05, 3.63) is 48.0 Å². The molecule has 7 nitrogen and oxygen atoms in total. The molecule has 22 heavy (non-hydrogen) atoms. The standard InChI is InChI=1S/C15H15N5O2/c1-9-5-10-6-12(3-4-13(10)22-9)18-15(16)19-14(21)11-7-17-20(2)8-11/h3-8H,1-2H3,(H3,16,18,19,21). The number of carbonyl (C=O) groups is 1. The van der Waals surface area contributed by atoms with Crippen LogP contribution in [-0.4, -0.2) is 21.6 Å². The third-order valence-electron chi connectivity index (χ3n) is 3.08. The minimum absolute atomic E-state index is 0.0217. The monoisotopic (exact) mass is 297 g/mol. The van der Waals surface area contributed by atoms with Gasteiger partial charge in [0.1, 0.15) is 11.3 Å². The third kappa shape index (κ3) is 2.83. The molecule has 2 aromatic heterocycles. The van der Waals surface area contributed by atoms with Gasteiger partial charge in [-0.1, -0.05) is 0 Å².